The zero-order valence-corrected chi connectivity index (χ0v) is 8.06. The minimum atomic E-state index is -1.41. The number of aliphatic hydroxyl groups is 1. The van der Waals surface area contributed by atoms with Crippen molar-refractivity contribution in [2.24, 2.45) is 5.73 Å². The van der Waals surface area contributed by atoms with Gasteiger partial charge in [-0.2, -0.15) is 0 Å². The van der Waals surface area contributed by atoms with Crippen LogP contribution >= 0.6 is 0 Å². The Kier molecular flexibility index (Phi) is 5.10. The van der Waals surface area contributed by atoms with Crippen molar-refractivity contribution in [2.45, 2.75) is 19.0 Å². The van der Waals surface area contributed by atoms with Crippen LogP contribution in [0.25, 0.3) is 0 Å². The first-order chi connectivity index (χ1) is 6.88. The van der Waals surface area contributed by atoms with E-state index in [0.29, 0.717) is 0 Å². The van der Waals surface area contributed by atoms with Gasteiger partial charge in [0.05, 0.1) is 6.61 Å². The van der Waals surface area contributed by atoms with Crippen LogP contribution in [0.4, 0.5) is 4.79 Å². The molecule has 0 fully saturated rings. The van der Waals surface area contributed by atoms with Crippen molar-refractivity contribution < 1.29 is 24.6 Å². The van der Waals surface area contributed by atoms with Gasteiger partial charge in [-0.3, -0.25) is 4.79 Å². The summed E-state index contributed by atoms with van der Waals surface area (Å²) in [5.74, 6) is -2.12. The third-order valence-corrected chi connectivity index (χ3v) is 1.56. The molecule has 1 unspecified atom stereocenters. The van der Waals surface area contributed by atoms with Gasteiger partial charge in [-0.05, 0) is 6.92 Å². The molecule has 0 aromatic heterocycles. The predicted molar refractivity (Wildman–Crippen MR) is 48.8 cm³/mol. The molecule has 0 bridgehead atoms. The summed E-state index contributed by atoms with van der Waals surface area (Å²) >= 11 is 0. The summed E-state index contributed by atoms with van der Waals surface area (Å²) < 4.78 is 0. The molecule has 8 nitrogen and oxygen atoms in total. The fourth-order valence-corrected chi connectivity index (χ4v) is 0.653. The fraction of sp³-hybridized carbons (Fsp3) is 0.571. The first kappa shape index (κ1) is 13.2. The molecule has 6 N–H and O–H groups in total. The largest absolute Gasteiger partial charge is 0.480 e. The molecule has 3 amide bonds. The number of aliphatic hydroxyl groups excluding tert-OH is 1. The Morgan fingerprint density at radius 3 is 2.20 bits per heavy atom. The van der Waals surface area contributed by atoms with Crippen molar-refractivity contribution in [1.82, 2.24) is 10.6 Å². The molecule has 0 aliphatic rings. The Balaban J connectivity index is 4.13. The number of hydrogen-bond donors (Lipinski definition) is 5. The van der Waals surface area contributed by atoms with E-state index in [1.165, 1.54) is 6.92 Å². The minimum absolute atomic E-state index is 0.742. The van der Waals surface area contributed by atoms with Crippen LogP contribution in [0.2, 0.25) is 0 Å². The van der Waals surface area contributed by atoms with E-state index in [-0.39, 0.29) is 0 Å². The molecule has 86 valence electrons. The van der Waals surface area contributed by atoms with E-state index in [2.05, 4.69) is 5.32 Å². The second kappa shape index (κ2) is 5.81. The average Bonchev–Trinajstić information content (AvgIpc) is 2.13. The van der Waals surface area contributed by atoms with E-state index in [0.717, 1.165) is 0 Å². The van der Waals surface area contributed by atoms with Crippen LogP contribution < -0.4 is 16.4 Å². The number of carbonyl (C=O) groups is 3. The monoisotopic (exact) mass is 219 g/mol. The number of carboxylic acid groups (broad SMARTS) is 1. The van der Waals surface area contributed by atoms with Crippen LogP contribution in [-0.4, -0.2) is 46.8 Å². The molecule has 2 atom stereocenters. The van der Waals surface area contributed by atoms with Gasteiger partial charge >= 0.3 is 12.0 Å². The highest BCUT2D eigenvalue weighted by Crippen LogP contribution is 1.84. The number of amides is 3. The molecular formula is C7H13N3O5. The van der Waals surface area contributed by atoms with Gasteiger partial charge in [-0.15, -0.1) is 0 Å². The molecule has 15 heavy (non-hydrogen) atoms. The lowest BCUT2D eigenvalue weighted by Gasteiger charge is -2.14. The zero-order chi connectivity index (χ0) is 12.0. The smallest absolute Gasteiger partial charge is 0.328 e. The van der Waals surface area contributed by atoms with Gasteiger partial charge in [0.2, 0.25) is 5.91 Å². The quantitative estimate of drug-likeness (QED) is 0.350. The second-order valence-electron chi connectivity index (χ2n) is 2.82. The number of carboxylic acids is 1. The van der Waals surface area contributed by atoms with E-state index in [1.807, 2.05) is 5.32 Å². The first-order valence-electron chi connectivity index (χ1n) is 4.08. The summed E-state index contributed by atoms with van der Waals surface area (Å²) in [6.07, 6.45) is 0. The van der Waals surface area contributed by atoms with Crippen molar-refractivity contribution >= 4 is 17.9 Å². The number of aliphatic carboxylic acids is 1. The van der Waals surface area contributed by atoms with E-state index in [4.69, 9.17) is 15.9 Å². The second-order valence-corrected chi connectivity index (χ2v) is 2.82. The van der Waals surface area contributed by atoms with Gasteiger partial charge in [0, 0.05) is 0 Å². The van der Waals surface area contributed by atoms with Gasteiger partial charge < -0.3 is 26.6 Å². The maximum atomic E-state index is 11.0. The lowest BCUT2D eigenvalue weighted by Crippen LogP contribution is -2.52. The Morgan fingerprint density at radius 2 is 1.87 bits per heavy atom. The van der Waals surface area contributed by atoms with Crippen LogP contribution in [-0.2, 0) is 9.59 Å². The summed E-state index contributed by atoms with van der Waals surface area (Å²) in [4.78, 5) is 32.0. The number of nitrogens with one attached hydrogen (secondary N) is 2. The third-order valence-electron chi connectivity index (χ3n) is 1.56. The average molecular weight is 219 g/mol. The number of carbonyl (C=O) groups excluding carboxylic acids is 2. The molecule has 8 heteroatoms. The number of rotatable bonds is 5. The van der Waals surface area contributed by atoms with Crippen LogP contribution in [0, 0.1) is 0 Å². The standard InChI is InChI=1S/C7H13N3O5/c1-3(5(8)12)9-7(15)10-4(2-11)6(13)14/h3-4,11H,2H2,1H3,(H2,8,12)(H,13,14)(H2,9,10,15)/t3?,4-/m1/s1. The third kappa shape index (κ3) is 4.81. The Morgan fingerprint density at radius 1 is 1.33 bits per heavy atom. The van der Waals surface area contributed by atoms with Gasteiger partial charge in [0.15, 0.2) is 6.04 Å². The van der Waals surface area contributed by atoms with Gasteiger partial charge in [-0.25, -0.2) is 9.59 Å². The van der Waals surface area contributed by atoms with Crippen molar-refractivity contribution in [1.29, 1.82) is 0 Å². The number of hydrogen-bond acceptors (Lipinski definition) is 4. The van der Waals surface area contributed by atoms with Crippen molar-refractivity contribution in [3.05, 3.63) is 0 Å². The van der Waals surface area contributed by atoms with E-state index < -0.39 is 36.6 Å². The number of nitrogens with two attached hydrogens (primary N) is 1. The zero-order valence-electron chi connectivity index (χ0n) is 8.06. The summed E-state index contributed by atoms with van der Waals surface area (Å²) in [5, 5.41) is 21.1. The molecule has 0 spiro atoms. The van der Waals surface area contributed by atoms with E-state index in [9.17, 15) is 14.4 Å². The molecule has 0 rings (SSSR count). The van der Waals surface area contributed by atoms with Crippen LogP contribution in [0.5, 0.6) is 0 Å². The fourth-order valence-electron chi connectivity index (χ4n) is 0.653. The lowest BCUT2D eigenvalue weighted by molar-refractivity contribution is -0.140. The van der Waals surface area contributed by atoms with Crippen LogP contribution in [0.3, 0.4) is 0 Å². The highest BCUT2D eigenvalue weighted by molar-refractivity contribution is 5.87. The Labute approximate surface area is 85.4 Å². The molecule has 0 aromatic carbocycles. The molecule has 0 aliphatic heterocycles. The van der Waals surface area contributed by atoms with Crippen LogP contribution in [0.15, 0.2) is 0 Å². The Bertz CT molecular complexity index is 267. The van der Waals surface area contributed by atoms with E-state index in [1.54, 1.807) is 0 Å². The van der Waals surface area contributed by atoms with Gasteiger partial charge in [0.1, 0.15) is 6.04 Å². The van der Waals surface area contributed by atoms with Crippen LogP contribution in [0.1, 0.15) is 6.92 Å². The molecule has 0 heterocycles. The highest BCUT2D eigenvalue weighted by Gasteiger charge is 2.20. The number of primary amides is 1. The normalized spacial score (nSPS) is 13.7. The minimum Gasteiger partial charge on any atom is -0.480 e. The highest BCUT2D eigenvalue weighted by atomic mass is 16.4. The maximum Gasteiger partial charge on any atom is 0.328 e. The van der Waals surface area contributed by atoms with Crippen molar-refractivity contribution in [2.75, 3.05) is 6.61 Å². The number of urea groups is 1. The summed E-state index contributed by atoms with van der Waals surface area (Å²) in [6, 6.07) is -3.22. The Hall–Kier alpha value is -1.83. The summed E-state index contributed by atoms with van der Waals surface area (Å²) in [5.41, 5.74) is 4.86. The SMILES string of the molecule is CC(NC(=O)N[C@H](CO)C(=O)O)C(N)=O. The first-order valence-corrected chi connectivity index (χ1v) is 4.08. The molecular weight excluding hydrogens is 206 g/mol. The molecule has 0 aromatic rings. The summed E-state index contributed by atoms with van der Waals surface area (Å²) in [7, 11) is 0. The summed E-state index contributed by atoms with van der Waals surface area (Å²) in [6.45, 7) is 0.602. The molecule has 0 saturated carbocycles. The molecule has 0 saturated heterocycles. The van der Waals surface area contributed by atoms with Crippen molar-refractivity contribution in [3.8, 4) is 0 Å². The van der Waals surface area contributed by atoms with E-state index >= 15 is 0 Å². The molecule has 0 aliphatic carbocycles. The topological polar surface area (TPSA) is 142 Å². The van der Waals surface area contributed by atoms with Crippen molar-refractivity contribution in [3.63, 3.8) is 0 Å². The molecule has 0 radical (unpaired) electrons. The maximum absolute atomic E-state index is 11.0. The predicted octanol–water partition coefficient (Wildman–Crippen LogP) is -2.40. The van der Waals surface area contributed by atoms with Gasteiger partial charge in [-0.1, -0.05) is 0 Å². The van der Waals surface area contributed by atoms with Gasteiger partial charge in [0.25, 0.3) is 0 Å². The lowest BCUT2D eigenvalue weighted by atomic mass is 10.3.